The van der Waals surface area contributed by atoms with Crippen LogP contribution in [0.4, 0.5) is 4.79 Å². The van der Waals surface area contributed by atoms with E-state index in [0.29, 0.717) is 30.3 Å². The minimum absolute atomic E-state index is 0.131. The SMILES string of the molecule is COc1cc(Cl)ccc1CNC(=O)NCC(C)CCO. The van der Waals surface area contributed by atoms with Crippen LogP contribution in [0.3, 0.4) is 0 Å². The average molecular weight is 301 g/mol. The number of carbonyl (C=O) groups excluding carboxylic acids is 1. The zero-order valence-electron chi connectivity index (χ0n) is 11.8. The Bertz CT molecular complexity index is 440. The largest absolute Gasteiger partial charge is 0.496 e. The Balaban J connectivity index is 2.41. The van der Waals surface area contributed by atoms with Gasteiger partial charge in [0.2, 0.25) is 0 Å². The third-order valence-electron chi connectivity index (χ3n) is 2.92. The van der Waals surface area contributed by atoms with Crippen molar-refractivity contribution in [2.45, 2.75) is 19.9 Å². The molecule has 5 nitrogen and oxygen atoms in total. The Morgan fingerprint density at radius 2 is 2.20 bits per heavy atom. The van der Waals surface area contributed by atoms with Crippen molar-refractivity contribution < 1.29 is 14.6 Å². The van der Waals surface area contributed by atoms with Gasteiger partial charge < -0.3 is 20.5 Å². The monoisotopic (exact) mass is 300 g/mol. The molecule has 1 aromatic carbocycles. The molecule has 1 unspecified atom stereocenters. The van der Waals surface area contributed by atoms with E-state index in [-0.39, 0.29) is 18.6 Å². The second-order valence-electron chi connectivity index (χ2n) is 4.64. The van der Waals surface area contributed by atoms with E-state index in [1.165, 1.54) is 0 Å². The molecule has 20 heavy (non-hydrogen) atoms. The lowest BCUT2D eigenvalue weighted by molar-refractivity contribution is 0.233. The van der Waals surface area contributed by atoms with Gasteiger partial charge in [-0.2, -0.15) is 0 Å². The van der Waals surface area contributed by atoms with Gasteiger partial charge in [0.05, 0.1) is 7.11 Å². The fourth-order valence-corrected chi connectivity index (χ4v) is 1.85. The van der Waals surface area contributed by atoms with Crippen molar-refractivity contribution >= 4 is 17.6 Å². The minimum Gasteiger partial charge on any atom is -0.496 e. The first kappa shape index (κ1) is 16.6. The number of nitrogens with one attached hydrogen (secondary N) is 2. The fraction of sp³-hybridized carbons (Fsp3) is 0.500. The summed E-state index contributed by atoms with van der Waals surface area (Å²) in [5, 5.41) is 14.9. The van der Waals surface area contributed by atoms with Gasteiger partial charge in [-0.15, -0.1) is 0 Å². The molecule has 0 saturated heterocycles. The zero-order chi connectivity index (χ0) is 15.0. The number of aliphatic hydroxyl groups is 1. The minimum atomic E-state index is -0.244. The van der Waals surface area contributed by atoms with Crippen molar-refractivity contribution in [1.29, 1.82) is 0 Å². The predicted molar refractivity (Wildman–Crippen MR) is 79.1 cm³/mol. The number of ether oxygens (including phenoxy) is 1. The third-order valence-corrected chi connectivity index (χ3v) is 3.16. The van der Waals surface area contributed by atoms with E-state index in [1.54, 1.807) is 19.2 Å². The normalized spacial score (nSPS) is 11.8. The number of halogens is 1. The molecular formula is C14H21ClN2O3. The molecule has 1 rings (SSSR count). The van der Waals surface area contributed by atoms with Crippen LogP contribution in [-0.4, -0.2) is 31.4 Å². The highest BCUT2D eigenvalue weighted by molar-refractivity contribution is 6.30. The second kappa shape index (κ2) is 8.66. The summed E-state index contributed by atoms with van der Waals surface area (Å²) in [5.74, 6) is 0.891. The topological polar surface area (TPSA) is 70.6 Å². The molecule has 1 atom stereocenters. The number of amides is 2. The Morgan fingerprint density at radius 1 is 1.45 bits per heavy atom. The Kier molecular flexibility index (Phi) is 7.18. The third kappa shape index (κ3) is 5.67. The van der Waals surface area contributed by atoms with Crippen LogP contribution in [0.5, 0.6) is 5.75 Å². The van der Waals surface area contributed by atoms with E-state index in [9.17, 15) is 4.79 Å². The number of benzene rings is 1. The van der Waals surface area contributed by atoms with Gasteiger partial charge in [0.1, 0.15) is 5.75 Å². The number of carbonyl (C=O) groups is 1. The highest BCUT2D eigenvalue weighted by Gasteiger charge is 2.07. The molecule has 0 aliphatic carbocycles. The van der Waals surface area contributed by atoms with E-state index < -0.39 is 0 Å². The van der Waals surface area contributed by atoms with Gasteiger partial charge >= 0.3 is 6.03 Å². The van der Waals surface area contributed by atoms with Crippen LogP contribution >= 0.6 is 11.6 Å². The molecule has 0 spiro atoms. The molecule has 2 amide bonds. The van der Waals surface area contributed by atoms with Crippen LogP contribution in [0.25, 0.3) is 0 Å². The number of aliphatic hydroxyl groups excluding tert-OH is 1. The summed E-state index contributed by atoms with van der Waals surface area (Å²) in [6, 6.07) is 5.03. The lowest BCUT2D eigenvalue weighted by Crippen LogP contribution is -2.37. The van der Waals surface area contributed by atoms with Crippen molar-refractivity contribution in [3.8, 4) is 5.75 Å². The van der Waals surface area contributed by atoms with Gasteiger partial charge in [-0.3, -0.25) is 0 Å². The number of hydrogen-bond acceptors (Lipinski definition) is 3. The summed E-state index contributed by atoms with van der Waals surface area (Å²) < 4.78 is 5.20. The summed E-state index contributed by atoms with van der Waals surface area (Å²) >= 11 is 5.87. The molecule has 1 aromatic rings. The van der Waals surface area contributed by atoms with E-state index in [0.717, 1.165) is 5.56 Å². The maximum Gasteiger partial charge on any atom is 0.315 e. The summed E-state index contributed by atoms with van der Waals surface area (Å²) in [6.07, 6.45) is 0.672. The molecule has 0 bridgehead atoms. The van der Waals surface area contributed by atoms with Gasteiger partial charge in [-0.05, 0) is 24.5 Å². The molecule has 0 aliphatic rings. The molecule has 0 fully saturated rings. The first-order valence-corrected chi connectivity index (χ1v) is 6.89. The average Bonchev–Trinajstić information content (AvgIpc) is 2.44. The maximum atomic E-state index is 11.6. The molecule has 0 heterocycles. The van der Waals surface area contributed by atoms with Crippen LogP contribution in [0.1, 0.15) is 18.9 Å². The molecule has 112 valence electrons. The predicted octanol–water partition coefficient (Wildman–Crippen LogP) is 2.17. The van der Waals surface area contributed by atoms with Crippen molar-refractivity contribution in [3.63, 3.8) is 0 Å². The number of rotatable bonds is 7. The van der Waals surface area contributed by atoms with Crippen LogP contribution in [-0.2, 0) is 6.54 Å². The van der Waals surface area contributed by atoms with E-state index in [1.807, 2.05) is 13.0 Å². The molecule has 6 heteroatoms. The quantitative estimate of drug-likeness (QED) is 0.723. The first-order chi connectivity index (χ1) is 9.56. The van der Waals surface area contributed by atoms with Gasteiger partial charge in [0.25, 0.3) is 0 Å². The van der Waals surface area contributed by atoms with E-state index in [4.69, 9.17) is 21.4 Å². The van der Waals surface area contributed by atoms with Crippen molar-refractivity contribution in [3.05, 3.63) is 28.8 Å². The Hall–Kier alpha value is -1.46. The maximum absolute atomic E-state index is 11.6. The van der Waals surface area contributed by atoms with Crippen LogP contribution in [0.15, 0.2) is 18.2 Å². The number of methoxy groups -OCH3 is 1. The highest BCUT2D eigenvalue weighted by atomic mass is 35.5. The lowest BCUT2D eigenvalue weighted by atomic mass is 10.1. The zero-order valence-corrected chi connectivity index (χ0v) is 12.5. The number of urea groups is 1. The second-order valence-corrected chi connectivity index (χ2v) is 5.07. The molecule has 0 aromatic heterocycles. The van der Waals surface area contributed by atoms with Gasteiger partial charge in [0, 0.05) is 30.3 Å². The van der Waals surface area contributed by atoms with Crippen molar-refractivity contribution in [1.82, 2.24) is 10.6 Å². The van der Waals surface area contributed by atoms with Gasteiger partial charge in [0.15, 0.2) is 0 Å². The van der Waals surface area contributed by atoms with Crippen LogP contribution in [0.2, 0.25) is 5.02 Å². The molecule has 0 saturated carbocycles. The summed E-state index contributed by atoms with van der Waals surface area (Å²) in [7, 11) is 1.56. The van der Waals surface area contributed by atoms with Crippen molar-refractivity contribution in [2.75, 3.05) is 20.3 Å². The Morgan fingerprint density at radius 3 is 2.85 bits per heavy atom. The van der Waals surface area contributed by atoms with E-state index in [2.05, 4.69) is 10.6 Å². The lowest BCUT2D eigenvalue weighted by Gasteiger charge is -2.13. The van der Waals surface area contributed by atoms with Gasteiger partial charge in [-0.25, -0.2) is 4.79 Å². The molecular weight excluding hydrogens is 280 g/mol. The van der Waals surface area contributed by atoms with Crippen LogP contribution in [0, 0.1) is 5.92 Å². The molecule has 3 N–H and O–H groups in total. The summed E-state index contributed by atoms with van der Waals surface area (Å²) in [6.45, 7) is 3.00. The van der Waals surface area contributed by atoms with E-state index >= 15 is 0 Å². The van der Waals surface area contributed by atoms with Gasteiger partial charge in [-0.1, -0.05) is 24.6 Å². The fourth-order valence-electron chi connectivity index (χ4n) is 1.69. The summed E-state index contributed by atoms with van der Waals surface area (Å²) in [4.78, 5) is 11.6. The highest BCUT2D eigenvalue weighted by Crippen LogP contribution is 2.22. The summed E-state index contributed by atoms with van der Waals surface area (Å²) in [5.41, 5.74) is 0.857. The standard InChI is InChI=1S/C14H21ClN2O3/c1-10(5-6-18)8-16-14(19)17-9-11-3-4-12(15)7-13(11)20-2/h3-4,7,10,18H,5-6,8-9H2,1-2H3,(H2,16,17,19). The Labute approximate surface area is 124 Å². The molecule has 0 aliphatic heterocycles. The van der Waals surface area contributed by atoms with Crippen molar-refractivity contribution in [2.24, 2.45) is 5.92 Å². The van der Waals surface area contributed by atoms with Crippen LogP contribution < -0.4 is 15.4 Å². The first-order valence-electron chi connectivity index (χ1n) is 6.51. The smallest absolute Gasteiger partial charge is 0.315 e. The number of hydrogen-bond donors (Lipinski definition) is 3. The molecule has 0 radical (unpaired) electrons.